The molecule has 3 atom stereocenters. The zero-order valence-corrected chi connectivity index (χ0v) is 28.3. The summed E-state index contributed by atoms with van der Waals surface area (Å²) in [6.07, 6.45) is 33.1. The van der Waals surface area contributed by atoms with Gasteiger partial charge >= 0.3 is 17.1 Å². The summed E-state index contributed by atoms with van der Waals surface area (Å²) in [6, 6.07) is 22.3. The Morgan fingerprint density at radius 3 is 1.26 bits per heavy atom. The van der Waals surface area contributed by atoms with Crippen LogP contribution in [0.3, 0.4) is 0 Å². The van der Waals surface area contributed by atoms with E-state index in [0.29, 0.717) is 0 Å². The van der Waals surface area contributed by atoms with Crippen molar-refractivity contribution in [3.63, 3.8) is 0 Å². The first-order valence-corrected chi connectivity index (χ1v) is 17.1. The SMILES string of the molecule is C1CCCC1.C[CH-]C1CCCC1P(c1ccccc1)c1ccccc1.P.[CH-]1CCCCC1.[CH-]1CCCCC1.[Fe+3]. The van der Waals surface area contributed by atoms with Crippen LogP contribution in [0, 0.1) is 25.2 Å². The van der Waals surface area contributed by atoms with E-state index in [0.717, 1.165) is 11.6 Å². The van der Waals surface area contributed by atoms with E-state index < -0.39 is 0 Å². The van der Waals surface area contributed by atoms with Crippen molar-refractivity contribution in [1.82, 2.24) is 0 Å². The molecular weight excluding hydrogens is 550 g/mol. The zero-order valence-electron chi connectivity index (χ0n) is 24.9. The first kappa shape index (κ1) is 36.8. The first-order chi connectivity index (χ1) is 18.4. The van der Waals surface area contributed by atoms with E-state index in [1.165, 1.54) is 126 Å². The Morgan fingerprint density at radius 2 is 0.949 bits per heavy atom. The predicted molar refractivity (Wildman–Crippen MR) is 179 cm³/mol. The summed E-state index contributed by atoms with van der Waals surface area (Å²) in [7, 11) is -0.228. The molecule has 4 aliphatic carbocycles. The van der Waals surface area contributed by atoms with Gasteiger partial charge in [-0.05, 0) is 30.6 Å². The fourth-order valence-corrected chi connectivity index (χ4v) is 9.26. The van der Waals surface area contributed by atoms with E-state index in [1.807, 2.05) is 0 Å². The molecule has 4 fully saturated rings. The van der Waals surface area contributed by atoms with Gasteiger partial charge in [-0.1, -0.05) is 144 Å². The Hall–Kier alpha value is -0.181. The first-order valence-electron chi connectivity index (χ1n) is 15.7. The van der Waals surface area contributed by atoms with Crippen LogP contribution in [0.5, 0.6) is 0 Å². The Bertz CT molecular complexity index is 687. The Kier molecular flexibility index (Phi) is 23.1. The molecule has 0 N–H and O–H groups in total. The Balaban J connectivity index is 0.000000325. The topological polar surface area (TPSA) is 0 Å². The molecule has 0 bridgehead atoms. The predicted octanol–water partition coefficient (Wildman–Crippen LogP) is 10.8. The van der Waals surface area contributed by atoms with E-state index in [-0.39, 0.29) is 34.9 Å². The summed E-state index contributed by atoms with van der Waals surface area (Å²) in [5, 5.41) is 3.07. The third-order valence-electron chi connectivity index (χ3n) is 8.24. The van der Waals surface area contributed by atoms with Gasteiger partial charge < -0.3 is 19.3 Å². The molecule has 0 aromatic heterocycles. The molecule has 1 radical (unpaired) electrons. The average molecular weight is 608 g/mol. The van der Waals surface area contributed by atoms with E-state index in [1.54, 1.807) is 0 Å². The van der Waals surface area contributed by atoms with Gasteiger partial charge in [0.25, 0.3) is 0 Å². The van der Waals surface area contributed by atoms with Gasteiger partial charge in [-0.25, -0.2) is 0 Å². The number of hydrogen-bond donors (Lipinski definition) is 0. The molecule has 3 unspecified atom stereocenters. The maximum absolute atomic E-state index is 2.44. The maximum atomic E-state index is 2.44. The standard InChI is InChI=1S/C19H22P.2C6H11.C5H10.Fe.H3P/c1-2-16-10-9-15-19(16)20(17-11-5-3-6-12-17)18-13-7-4-8-14-18;2*1-2-4-6-5-3-1;1-2-4-5-3-1;;/h2-8,11-14,16,19H,9-10,15H2,1H3;2*1H,2-6H2;1-5H2;;1H3/q3*-1;;+3;. The summed E-state index contributed by atoms with van der Waals surface area (Å²) < 4.78 is 0. The van der Waals surface area contributed by atoms with Gasteiger partial charge in [-0.3, -0.25) is 0 Å². The Morgan fingerprint density at radius 1 is 0.564 bits per heavy atom. The van der Waals surface area contributed by atoms with Crippen LogP contribution in [0.25, 0.3) is 0 Å². The molecule has 0 amide bonds. The summed E-state index contributed by atoms with van der Waals surface area (Å²) in [4.78, 5) is 0. The second kappa shape index (κ2) is 24.4. The molecule has 3 heteroatoms. The van der Waals surface area contributed by atoms with Crippen LogP contribution < -0.4 is 10.6 Å². The third-order valence-corrected chi connectivity index (χ3v) is 11.3. The minimum atomic E-state index is -0.228. The number of hydrogen-bond acceptors (Lipinski definition) is 0. The van der Waals surface area contributed by atoms with E-state index in [9.17, 15) is 0 Å². The molecule has 0 heterocycles. The van der Waals surface area contributed by atoms with Crippen LogP contribution in [-0.4, -0.2) is 5.66 Å². The quantitative estimate of drug-likeness (QED) is 0.184. The molecule has 39 heavy (non-hydrogen) atoms. The fourth-order valence-electron chi connectivity index (χ4n) is 6.07. The molecule has 2 aromatic rings. The van der Waals surface area contributed by atoms with Crippen molar-refractivity contribution in [2.45, 2.75) is 128 Å². The monoisotopic (exact) mass is 607 g/mol. The van der Waals surface area contributed by atoms with Crippen LogP contribution in [0.4, 0.5) is 0 Å². The number of rotatable bonds is 4. The summed E-state index contributed by atoms with van der Waals surface area (Å²) in [6.45, 7) is 2.24. The van der Waals surface area contributed by atoms with Crippen LogP contribution in [0.1, 0.15) is 122 Å². The second-order valence-electron chi connectivity index (χ2n) is 11.2. The molecule has 219 valence electrons. The third kappa shape index (κ3) is 15.0. The van der Waals surface area contributed by atoms with Gasteiger partial charge in [0, 0.05) is 0 Å². The maximum Gasteiger partial charge on any atom is 3.00 e. The molecular formula is C36H57FeP2. The minimum Gasteiger partial charge on any atom is -0.328 e. The molecule has 0 spiro atoms. The van der Waals surface area contributed by atoms with Crippen molar-refractivity contribution in [2.24, 2.45) is 5.92 Å². The Labute approximate surface area is 258 Å². The van der Waals surface area contributed by atoms with Crippen molar-refractivity contribution in [3.05, 3.63) is 79.9 Å². The van der Waals surface area contributed by atoms with Gasteiger partial charge in [-0.2, -0.15) is 48.4 Å². The largest absolute Gasteiger partial charge is 3.00 e. The summed E-state index contributed by atoms with van der Waals surface area (Å²) in [5.74, 6) is 0.793. The van der Waals surface area contributed by atoms with Crippen LogP contribution in [0.15, 0.2) is 60.7 Å². The van der Waals surface area contributed by atoms with Crippen LogP contribution in [-0.2, 0) is 17.1 Å². The normalized spacial score (nSPS) is 21.9. The van der Waals surface area contributed by atoms with Gasteiger partial charge in [0.05, 0.1) is 0 Å². The van der Waals surface area contributed by atoms with Crippen LogP contribution in [0.2, 0.25) is 0 Å². The minimum absolute atomic E-state index is 0. The van der Waals surface area contributed by atoms with Gasteiger partial charge in [-0.15, -0.1) is 0 Å². The van der Waals surface area contributed by atoms with Crippen molar-refractivity contribution < 1.29 is 17.1 Å². The molecule has 0 aliphatic heterocycles. The zero-order chi connectivity index (χ0) is 25.8. The van der Waals surface area contributed by atoms with Gasteiger partial charge in [0.2, 0.25) is 0 Å². The van der Waals surface area contributed by atoms with E-state index >= 15 is 0 Å². The van der Waals surface area contributed by atoms with E-state index in [2.05, 4.69) is 86.8 Å². The second-order valence-corrected chi connectivity index (χ2v) is 13.6. The van der Waals surface area contributed by atoms with E-state index in [4.69, 9.17) is 0 Å². The van der Waals surface area contributed by atoms with Crippen molar-refractivity contribution in [2.75, 3.05) is 0 Å². The summed E-state index contributed by atoms with van der Waals surface area (Å²) >= 11 is 0. The van der Waals surface area contributed by atoms with Gasteiger partial charge in [0.1, 0.15) is 0 Å². The van der Waals surface area contributed by atoms with Gasteiger partial charge in [0.15, 0.2) is 0 Å². The molecule has 4 saturated carbocycles. The molecule has 6 rings (SSSR count). The molecule has 4 aliphatic rings. The molecule has 0 saturated heterocycles. The number of benzene rings is 2. The molecule has 0 nitrogen and oxygen atoms in total. The molecule has 2 aromatic carbocycles. The smallest absolute Gasteiger partial charge is 0.328 e. The van der Waals surface area contributed by atoms with Crippen LogP contribution >= 0.6 is 17.8 Å². The average Bonchev–Trinajstić information content (AvgIpc) is 3.73. The summed E-state index contributed by atoms with van der Waals surface area (Å²) in [5.41, 5.74) is 0.819. The van der Waals surface area contributed by atoms with Crippen molar-refractivity contribution >= 4 is 28.4 Å². The van der Waals surface area contributed by atoms with Crippen molar-refractivity contribution in [1.29, 1.82) is 0 Å². The fraction of sp³-hybridized carbons (Fsp3) is 0.583. The van der Waals surface area contributed by atoms with Crippen molar-refractivity contribution in [3.8, 4) is 0 Å².